The van der Waals surface area contributed by atoms with Gasteiger partial charge in [0.05, 0.1) is 27.7 Å². The Morgan fingerprint density at radius 1 is 0.545 bits per heavy atom. The average Bonchev–Trinajstić information content (AvgIpc) is 3.13. The summed E-state index contributed by atoms with van der Waals surface area (Å²) in [5.74, 6) is -0.798. The van der Waals surface area contributed by atoms with Crippen molar-refractivity contribution in [3.63, 3.8) is 0 Å². The molecule has 0 heterocycles. The fourth-order valence-corrected chi connectivity index (χ4v) is 7.16. The second-order valence-electron chi connectivity index (χ2n) is 16.8. The van der Waals surface area contributed by atoms with Gasteiger partial charge in [0.2, 0.25) is 0 Å². The molecule has 1 unspecified atom stereocenters. The molecule has 0 spiro atoms. The van der Waals surface area contributed by atoms with E-state index in [-0.39, 0.29) is 32.0 Å². The first-order valence-electron chi connectivity index (χ1n) is 22.9. The number of phosphoric ester groups is 1. The third-order valence-corrected chi connectivity index (χ3v) is 11.0. The molecular weight excluding hydrogens is 713 g/mol. The van der Waals surface area contributed by atoms with Crippen molar-refractivity contribution in [1.82, 2.24) is 0 Å². The SMILES string of the molecule is CCCCCCC/C=C\CCCCCCCC(=O)OC[C@H](COP(=O)(O)OCC[N+](C)(C)C)OC(=O)CCCCCCCCCCCCCCCCCCC. The quantitative estimate of drug-likeness (QED) is 0.0214. The van der Waals surface area contributed by atoms with Gasteiger partial charge in [-0.15, -0.1) is 0 Å². The lowest BCUT2D eigenvalue weighted by molar-refractivity contribution is -0.870. The summed E-state index contributed by atoms with van der Waals surface area (Å²) in [6, 6.07) is 0. The van der Waals surface area contributed by atoms with Crippen LogP contribution >= 0.6 is 7.82 Å². The van der Waals surface area contributed by atoms with Gasteiger partial charge in [0, 0.05) is 12.8 Å². The van der Waals surface area contributed by atoms with Crippen LogP contribution < -0.4 is 0 Å². The van der Waals surface area contributed by atoms with Crippen molar-refractivity contribution in [1.29, 1.82) is 0 Å². The van der Waals surface area contributed by atoms with Crippen molar-refractivity contribution in [2.24, 2.45) is 0 Å². The zero-order chi connectivity index (χ0) is 40.7. The fraction of sp³-hybridized carbons (Fsp3) is 0.911. The van der Waals surface area contributed by atoms with Crippen LogP contribution in [0, 0.1) is 0 Å². The van der Waals surface area contributed by atoms with E-state index in [0.717, 1.165) is 51.4 Å². The van der Waals surface area contributed by atoms with Crippen molar-refractivity contribution in [3.05, 3.63) is 12.2 Å². The maximum Gasteiger partial charge on any atom is 0.472 e. The summed E-state index contributed by atoms with van der Waals surface area (Å²) in [6.07, 6.45) is 39.7. The maximum absolute atomic E-state index is 12.7. The molecule has 0 rings (SSSR count). The van der Waals surface area contributed by atoms with E-state index < -0.39 is 26.5 Å². The average molecular weight is 803 g/mol. The van der Waals surface area contributed by atoms with E-state index in [1.807, 2.05) is 21.1 Å². The summed E-state index contributed by atoms with van der Waals surface area (Å²) < 4.78 is 34.3. The standard InChI is InChI=1S/C45H88NO8P/c1-6-8-10-12-14-16-18-20-22-23-24-26-28-30-32-34-36-38-45(48)54-43(42-53-55(49,50)52-40-39-46(3,4)5)41-51-44(47)37-35-33-31-29-27-25-21-19-17-15-13-11-9-7-2/h19,21,43H,6-18,20,22-42H2,1-5H3/p+1/b21-19-/t43-/m1/s1. The molecule has 0 aliphatic rings. The molecule has 0 saturated carbocycles. The topological polar surface area (TPSA) is 108 Å². The van der Waals surface area contributed by atoms with E-state index in [2.05, 4.69) is 26.0 Å². The monoisotopic (exact) mass is 803 g/mol. The maximum atomic E-state index is 12.7. The second kappa shape index (κ2) is 38.3. The highest BCUT2D eigenvalue weighted by Crippen LogP contribution is 2.43. The Morgan fingerprint density at radius 2 is 0.927 bits per heavy atom. The summed E-state index contributed by atoms with van der Waals surface area (Å²) in [4.78, 5) is 35.4. The summed E-state index contributed by atoms with van der Waals surface area (Å²) >= 11 is 0. The minimum Gasteiger partial charge on any atom is -0.462 e. The molecule has 0 aromatic rings. The molecule has 0 fully saturated rings. The Hall–Kier alpha value is -1.25. The van der Waals surface area contributed by atoms with Crippen molar-refractivity contribution in [2.45, 2.75) is 219 Å². The molecule has 2 atom stereocenters. The zero-order valence-electron chi connectivity index (χ0n) is 36.7. The molecule has 10 heteroatoms. The van der Waals surface area contributed by atoms with Crippen LogP contribution in [0.4, 0.5) is 0 Å². The number of carbonyl (C=O) groups is 2. The summed E-state index contributed by atoms with van der Waals surface area (Å²) in [7, 11) is 1.48. The molecular formula is C45H89NO8P+. The number of hydrogen-bond acceptors (Lipinski definition) is 7. The smallest absolute Gasteiger partial charge is 0.462 e. The van der Waals surface area contributed by atoms with E-state index in [1.165, 1.54) is 128 Å². The second-order valence-corrected chi connectivity index (χ2v) is 18.2. The predicted molar refractivity (Wildman–Crippen MR) is 229 cm³/mol. The van der Waals surface area contributed by atoms with Gasteiger partial charge >= 0.3 is 19.8 Å². The number of likely N-dealkylation sites (N-methyl/N-ethyl adjacent to an activating group) is 1. The zero-order valence-corrected chi connectivity index (χ0v) is 37.6. The van der Waals surface area contributed by atoms with E-state index >= 15 is 0 Å². The Labute approximate surface area is 339 Å². The molecule has 0 saturated heterocycles. The van der Waals surface area contributed by atoms with Crippen LogP contribution in [0.25, 0.3) is 0 Å². The lowest BCUT2D eigenvalue weighted by Gasteiger charge is -2.24. The van der Waals surface area contributed by atoms with Gasteiger partial charge in [0.1, 0.15) is 19.8 Å². The summed E-state index contributed by atoms with van der Waals surface area (Å²) in [6.45, 7) is 4.43. The van der Waals surface area contributed by atoms with E-state index in [9.17, 15) is 19.0 Å². The molecule has 0 aliphatic carbocycles. The molecule has 55 heavy (non-hydrogen) atoms. The first kappa shape index (κ1) is 53.8. The predicted octanol–water partition coefficient (Wildman–Crippen LogP) is 13.0. The van der Waals surface area contributed by atoms with Crippen LogP contribution in [-0.2, 0) is 32.7 Å². The van der Waals surface area contributed by atoms with Crippen LogP contribution in [0.15, 0.2) is 12.2 Å². The Bertz CT molecular complexity index is 954. The van der Waals surface area contributed by atoms with Gasteiger partial charge in [0.25, 0.3) is 0 Å². The number of hydrogen-bond donors (Lipinski definition) is 1. The van der Waals surface area contributed by atoms with Crippen LogP contribution in [0.2, 0.25) is 0 Å². The van der Waals surface area contributed by atoms with Crippen molar-refractivity contribution in [3.8, 4) is 0 Å². The largest absolute Gasteiger partial charge is 0.472 e. The highest BCUT2D eigenvalue weighted by atomic mass is 31.2. The molecule has 0 aromatic heterocycles. The number of nitrogens with zero attached hydrogens (tertiary/aromatic N) is 1. The van der Waals surface area contributed by atoms with Crippen LogP contribution in [0.1, 0.15) is 213 Å². The number of allylic oxidation sites excluding steroid dienone is 2. The normalized spacial score (nSPS) is 13.6. The number of rotatable bonds is 42. The summed E-state index contributed by atoms with van der Waals surface area (Å²) in [5, 5.41) is 0. The Morgan fingerprint density at radius 3 is 1.35 bits per heavy atom. The number of phosphoric acid groups is 1. The number of carbonyl (C=O) groups excluding carboxylic acids is 2. The van der Waals surface area contributed by atoms with Gasteiger partial charge in [-0.05, 0) is 38.5 Å². The molecule has 0 amide bonds. The molecule has 326 valence electrons. The van der Waals surface area contributed by atoms with Crippen LogP contribution in [0.3, 0.4) is 0 Å². The van der Waals surface area contributed by atoms with Gasteiger partial charge < -0.3 is 18.9 Å². The molecule has 0 radical (unpaired) electrons. The summed E-state index contributed by atoms with van der Waals surface area (Å²) in [5.41, 5.74) is 0. The van der Waals surface area contributed by atoms with Crippen molar-refractivity contribution in [2.75, 3.05) is 47.5 Å². The number of ether oxygens (including phenoxy) is 2. The van der Waals surface area contributed by atoms with E-state index in [1.54, 1.807) is 0 Å². The first-order chi connectivity index (χ1) is 26.5. The first-order valence-corrected chi connectivity index (χ1v) is 24.4. The van der Waals surface area contributed by atoms with E-state index in [4.69, 9.17) is 18.5 Å². The van der Waals surface area contributed by atoms with Gasteiger partial charge in [-0.2, -0.15) is 0 Å². The molecule has 1 N–H and O–H groups in total. The highest BCUT2D eigenvalue weighted by molar-refractivity contribution is 7.47. The van der Waals surface area contributed by atoms with Crippen molar-refractivity contribution < 1.29 is 42.1 Å². The molecule has 0 aliphatic heterocycles. The van der Waals surface area contributed by atoms with Crippen molar-refractivity contribution >= 4 is 19.8 Å². The molecule has 0 bridgehead atoms. The fourth-order valence-electron chi connectivity index (χ4n) is 6.42. The van der Waals surface area contributed by atoms with Gasteiger partial charge in [-0.3, -0.25) is 18.6 Å². The van der Waals surface area contributed by atoms with Gasteiger partial charge in [0.15, 0.2) is 6.10 Å². The third-order valence-electron chi connectivity index (χ3n) is 10.0. The van der Waals surface area contributed by atoms with Gasteiger partial charge in [-0.1, -0.05) is 174 Å². The number of esters is 2. The number of quaternary nitrogens is 1. The highest BCUT2D eigenvalue weighted by Gasteiger charge is 2.27. The molecule has 0 aromatic carbocycles. The van der Waals surface area contributed by atoms with Crippen LogP contribution in [0.5, 0.6) is 0 Å². The van der Waals surface area contributed by atoms with E-state index in [0.29, 0.717) is 17.4 Å². The number of unbranched alkanes of at least 4 members (excludes halogenated alkanes) is 26. The molecule has 9 nitrogen and oxygen atoms in total. The van der Waals surface area contributed by atoms with Crippen LogP contribution in [-0.4, -0.2) is 74.9 Å². The minimum atomic E-state index is -4.37. The third kappa shape index (κ3) is 42.2. The lowest BCUT2D eigenvalue weighted by atomic mass is 10.0. The lowest BCUT2D eigenvalue weighted by Crippen LogP contribution is -2.37. The minimum absolute atomic E-state index is 0.0337. The Balaban J connectivity index is 4.31. The Kier molecular flexibility index (Phi) is 37.4. The van der Waals surface area contributed by atoms with Gasteiger partial charge in [-0.25, -0.2) is 4.57 Å².